The molecule has 2 aromatic carbocycles. The van der Waals surface area contributed by atoms with Crippen LogP contribution >= 0.6 is 11.8 Å². The number of rotatable bonds is 7. The van der Waals surface area contributed by atoms with Gasteiger partial charge in [0.25, 0.3) is 0 Å². The third-order valence-electron chi connectivity index (χ3n) is 5.53. The van der Waals surface area contributed by atoms with E-state index in [9.17, 15) is 13.2 Å². The molecule has 1 saturated heterocycles. The number of para-hydroxylation sites is 1. The highest BCUT2D eigenvalue weighted by molar-refractivity contribution is 7.99. The number of carbonyl (C=O) groups excluding carboxylic acids is 1. The first-order chi connectivity index (χ1) is 15.8. The number of anilines is 1. The Hall–Kier alpha value is -2.66. The summed E-state index contributed by atoms with van der Waals surface area (Å²) in [5, 5.41) is 3.52. The molecule has 1 aliphatic heterocycles. The average Bonchev–Trinajstić information content (AvgIpc) is 3.27. The Morgan fingerprint density at radius 2 is 1.85 bits per heavy atom. The van der Waals surface area contributed by atoms with Crippen molar-refractivity contribution in [3.8, 4) is 5.69 Å². The Bertz CT molecular complexity index is 1230. The van der Waals surface area contributed by atoms with Crippen molar-refractivity contribution in [1.82, 2.24) is 18.8 Å². The van der Waals surface area contributed by atoms with Gasteiger partial charge in [0, 0.05) is 44.3 Å². The number of thioether (sulfide) groups is 1. The second-order valence-electron chi connectivity index (χ2n) is 7.94. The largest absolute Gasteiger partial charge is 0.325 e. The number of hydrogen-bond acceptors (Lipinski definition) is 6. The summed E-state index contributed by atoms with van der Waals surface area (Å²) in [4.78, 5) is 19.3. The van der Waals surface area contributed by atoms with E-state index in [2.05, 4.69) is 15.2 Å². The van der Waals surface area contributed by atoms with Crippen LogP contribution in [0.4, 0.5) is 5.69 Å². The third kappa shape index (κ3) is 5.47. The van der Waals surface area contributed by atoms with Crippen LogP contribution < -0.4 is 5.32 Å². The fourth-order valence-corrected chi connectivity index (χ4v) is 5.89. The van der Waals surface area contributed by atoms with Crippen LogP contribution in [0, 0.1) is 6.92 Å². The molecule has 33 heavy (non-hydrogen) atoms. The van der Waals surface area contributed by atoms with Gasteiger partial charge in [0.05, 0.1) is 16.3 Å². The number of likely N-dealkylation sites (N-methyl/N-ethyl adjacent to an activating group) is 1. The first-order valence-electron chi connectivity index (χ1n) is 10.7. The van der Waals surface area contributed by atoms with E-state index in [0.29, 0.717) is 37.0 Å². The molecule has 0 unspecified atom stereocenters. The lowest BCUT2D eigenvalue weighted by atomic mass is 10.2. The standard InChI is InChI=1S/C23H27N5O3S2/c1-18-6-3-4-9-21(18)28-11-10-24-23(28)32-17-22(29)25-19-7-5-8-20(16-19)33(30,31)27-14-12-26(2)13-15-27/h3-11,16H,12-15,17H2,1-2H3,(H,25,29). The van der Waals surface area contributed by atoms with Crippen LogP contribution in [0.15, 0.2) is 71.0 Å². The normalized spacial score (nSPS) is 15.5. The van der Waals surface area contributed by atoms with Crippen molar-refractivity contribution in [2.45, 2.75) is 17.0 Å². The van der Waals surface area contributed by atoms with Gasteiger partial charge in [0.1, 0.15) is 0 Å². The van der Waals surface area contributed by atoms with E-state index in [-0.39, 0.29) is 16.6 Å². The van der Waals surface area contributed by atoms with Gasteiger partial charge in [0.15, 0.2) is 5.16 Å². The van der Waals surface area contributed by atoms with E-state index >= 15 is 0 Å². The first-order valence-corrected chi connectivity index (χ1v) is 13.1. The second kappa shape index (κ2) is 10.1. The summed E-state index contributed by atoms with van der Waals surface area (Å²) in [6, 6.07) is 14.4. The topological polar surface area (TPSA) is 87.5 Å². The minimum atomic E-state index is -3.60. The highest BCUT2D eigenvalue weighted by Crippen LogP contribution is 2.24. The lowest BCUT2D eigenvalue weighted by Crippen LogP contribution is -2.47. The second-order valence-corrected chi connectivity index (χ2v) is 10.8. The maximum absolute atomic E-state index is 13.0. The molecule has 0 radical (unpaired) electrons. The molecule has 0 aliphatic carbocycles. The number of sulfonamides is 1. The molecule has 8 nitrogen and oxygen atoms in total. The number of benzene rings is 2. The van der Waals surface area contributed by atoms with Crippen molar-refractivity contribution < 1.29 is 13.2 Å². The van der Waals surface area contributed by atoms with Crippen molar-refractivity contribution in [2.24, 2.45) is 0 Å². The van der Waals surface area contributed by atoms with Crippen LogP contribution in [-0.2, 0) is 14.8 Å². The molecule has 2 heterocycles. The molecule has 0 spiro atoms. The summed E-state index contributed by atoms with van der Waals surface area (Å²) in [6.45, 7) is 4.34. The zero-order chi connectivity index (χ0) is 23.4. The summed E-state index contributed by atoms with van der Waals surface area (Å²) in [5.74, 6) is -0.0771. The molecule has 3 aromatic rings. The van der Waals surface area contributed by atoms with Gasteiger partial charge in [-0.3, -0.25) is 9.36 Å². The summed E-state index contributed by atoms with van der Waals surface area (Å²) in [5.41, 5.74) is 2.58. The van der Waals surface area contributed by atoms with E-state index < -0.39 is 10.0 Å². The van der Waals surface area contributed by atoms with Crippen LogP contribution in [0.2, 0.25) is 0 Å². The van der Waals surface area contributed by atoms with E-state index in [1.165, 1.54) is 22.1 Å². The average molecular weight is 486 g/mol. The molecule has 0 atom stereocenters. The van der Waals surface area contributed by atoms with E-state index in [0.717, 1.165) is 11.3 Å². The molecular formula is C23H27N5O3S2. The molecule has 174 valence electrons. The maximum atomic E-state index is 13.0. The Kier molecular flexibility index (Phi) is 7.18. The van der Waals surface area contributed by atoms with Crippen LogP contribution in [0.5, 0.6) is 0 Å². The predicted octanol–water partition coefficient (Wildman–Crippen LogP) is 2.85. The molecule has 0 saturated carbocycles. The summed E-state index contributed by atoms with van der Waals surface area (Å²) < 4.78 is 29.4. The molecule has 10 heteroatoms. The highest BCUT2D eigenvalue weighted by atomic mass is 32.2. The van der Waals surface area contributed by atoms with Gasteiger partial charge in [0.2, 0.25) is 15.9 Å². The number of hydrogen-bond donors (Lipinski definition) is 1. The fraction of sp³-hybridized carbons (Fsp3) is 0.304. The number of nitrogens with one attached hydrogen (secondary N) is 1. The molecular weight excluding hydrogens is 458 g/mol. The SMILES string of the molecule is Cc1ccccc1-n1ccnc1SCC(=O)Nc1cccc(S(=O)(=O)N2CCN(C)CC2)c1. The van der Waals surface area contributed by atoms with Gasteiger partial charge >= 0.3 is 0 Å². The van der Waals surface area contributed by atoms with Crippen LogP contribution in [0.1, 0.15) is 5.56 Å². The minimum absolute atomic E-state index is 0.151. The zero-order valence-electron chi connectivity index (χ0n) is 18.6. The summed E-state index contributed by atoms with van der Waals surface area (Å²) in [7, 11) is -1.62. The van der Waals surface area contributed by atoms with Gasteiger partial charge in [-0.1, -0.05) is 36.0 Å². The zero-order valence-corrected chi connectivity index (χ0v) is 20.3. The molecule has 1 amide bonds. The number of amides is 1. The molecule has 0 bridgehead atoms. The Morgan fingerprint density at radius 1 is 1.09 bits per heavy atom. The van der Waals surface area contributed by atoms with Gasteiger partial charge in [-0.15, -0.1) is 0 Å². The maximum Gasteiger partial charge on any atom is 0.243 e. The first kappa shape index (κ1) is 23.5. The van der Waals surface area contributed by atoms with Crippen molar-refractivity contribution in [1.29, 1.82) is 0 Å². The van der Waals surface area contributed by atoms with E-state index in [4.69, 9.17) is 0 Å². The smallest absolute Gasteiger partial charge is 0.243 e. The van der Waals surface area contributed by atoms with Gasteiger partial charge in [-0.05, 0) is 43.8 Å². The Morgan fingerprint density at radius 3 is 2.61 bits per heavy atom. The summed E-state index contributed by atoms with van der Waals surface area (Å²) in [6.07, 6.45) is 3.58. The van der Waals surface area contributed by atoms with Crippen molar-refractivity contribution in [3.63, 3.8) is 0 Å². The highest BCUT2D eigenvalue weighted by Gasteiger charge is 2.27. The molecule has 1 N–H and O–H groups in total. The van der Waals surface area contributed by atoms with Gasteiger partial charge in [-0.2, -0.15) is 4.31 Å². The van der Waals surface area contributed by atoms with Crippen LogP contribution in [0.3, 0.4) is 0 Å². The molecule has 4 rings (SSSR count). The van der Waals surface area contributed by atoms with Crippen LogP contribution in [-0.4, -0.2) is 72.1 Å². The molecule has 1 aliphatic rings. The number of aromatic nitrogens is 2. The molecule has 1 fully saturated rings. The van der Waals surface area contributed by atoms with Gasteiger partial charge < -0.3 is 10.2 Å². The van der Waals surface area contributed by atoms with Crippen molar-refractivity contribution >= 4 is 33.4 Å². The molecule has 1 aromatic heterocycles. The lowest BCUT2D eigenvalue weighted by Gasteiger charge is -2.31. The number of piperazine rings is 1. The predicted molar refractivity (Wildman–Crippen MR) is 130 cm³/mol. The monoisotopic (exact) mass is 485 g/mol. The van der Waals surface area contributed by atoms with E-state index in [1.807, 2.05) is 49.0 Å². The van der Waals surface area contributed by atoms with Crippen LogP contribution in [0.25, 0.3) is 5.69 Å². The Labute approximate surface area is 198 Å². The Balaban J connectivity index is 1.40. The fourth-order valence-electron chi connectivity index (χ4n) is 3.65. The van der Waals surface area contributed by atoms with E-state index in [1.54, 1.807) is 24.4 Å². The number of aryl methyl sites for hydroxylation is 1. The lowest BCUT2D eigenvalue weighted by molar-refractivity contribution is -0.113. The van der Waals surface area contributed by atoms with Crippen molar-refractivity contribution in [2.75, 3.05) is 44.3 Å². The number of imidazole rings is 1. The number of nitrogens with zero attached hydrogens (tertiary/aromatic N) is 4. The number of carbonyl (C=O) groups is 1. The quantitative estimate of drug-likeness (QED) is 0.518. The van der Waals surface area contributed by atoms with Gasteiger partial charge in [-0.25, -0.2) is 13.4 Å². The minimum Gasteiger partial charge on any atom is -0.325 e. The van der Waals surface area contributed by atoms with Crippen molar-refractivity contribution in [3.05, 3.63) is 66.5 Å². The third-order valence-corrected chi connectivity index (χ3v) is 8.39. The summed E-state index contributed by atoms with van der Waals surface area (Å²) >= 11 is 1.33.